The van der Waals surface area contributed by atoms with Crippen LogP contribution in [-0.4, -0.2) is 33.8 Å². The van der Waals surface area contributed by atoms with Crippen LogP contribution >= 0.6 is 23.2 Å². The van der Waals surface area contributed by atoms with Crippen molar-refractivity contribution in [2.75, 3.05) is 13.1 Å². The van der Waals surface area contributed by atoms with Gasteiger partial charge in [0, 0.05) is 34.8 Å². The molecule has 5 rings (SSSR count). The average Bonchev–Trinajstić information content (AvgIpc) is 3.22. The fourth-order valence-electron chi connectivity index (χ4n) is 5.51. The van der Waals surface area contributed by atoms with Gasteiger partial charge in [-0.25, -0.2) is 9.69 Å². The number of nitrogens with two attached hydrogens (primary N) is 1. The lowest BCUT2D eigenvalue weighted by atomic mass is 9.77. The second-order valence-corrected chi connectivity index (χ2v) is 11.0. The molecule has 0 unspecified atom stereocenters. The molecule has 2 heterocycles. The minimum Gasteiger partial charge on any atom is -0.321 e. The van der Waals surface area contributed by atoms with Crippen LogP contribution in [0.2, 0.25) is 10.0 Å². The number of hydrogen-bond acceptors (Lipinski definition) is 4. The van der Waals surface area contributed by atoms with Crippen molar-refractivity contribution >= 4 is 29.1 Å². The van der Waals surface area contributed by atoms with Crippen LogP contribution in [0.5, 0.6) is 0 Å². The Morgan fingerprint density at radius 1 is 0.972 bits per heavy atom. The highest BCUT2D eigenvalue weighted by molar-refractivity contribution is 6.35. The number of hydrazine groups is 1. The molecule has 0 atom stereocenters. The predicted octanol–water partition coefficient (Wildman–Crippen LogP) is 6.40. The minimum atomic E-state index is -0.273. The second-order valence-electron chi connectivity index (χ2n) is 10.1. The summed E-state index contributed by atoms with van der Waals surface area (Å²) in [7, 11) is 0. The van der Waals surface area contributed by atoms with Gasteiger partial charge in [-0.2, -0.15) is 5.10 Å². The van der Waals surface area contributed by atoms with Crippen LogP contribution < -0.4 is 11.2 Å². The summed E-state index contributed by atoms with van der Waals surface area (Å²) >= 11 is 12.8. The van der Waals surface area contributed by atoms with E-state index in [1.54, 1.807) is 16.8 Å². The number of nitrogens with one attached hydrogen (secondary N) is 1. The van der Waals surface area contributed by atoms with Gasteiger partial charge in [-0.1, -0.05) is 73.2 Å². The van der Waals surface area contributed by atoms with Gasteiger partial charge in [-0.05, 0) is 56.4 Å². The fourth-order valence-corrected chi connectivity index (χ4v) is 6.00. The summed E-state index contributed by atoms with van der Waals surface area (Å²) in [6.45, 7) is 3.64. The molecule has 1 aromatic heterocycles. The monoisotopic (exact) mass is 525 g/mol. The van der Waals surface area contributed by atoms with Crippen LogP contribution in [0.4, 0.5) is 0 Å². The first kappa shape index (κ1) is 25.3. The zero-order valence-electron chi connectivity index (χ0n) is 20.7. The van der Waals surface area contributed by atoms with Gasteiger partial charge in [0.05, 0.1) is 16.4 Å². The molecule has 1 aliphatic heterocycles. The molecule has 6 nitrogen and oxygen atoms in total. The van der Waals surface area contributed by atoms with Crippen molar-refractivity contribution in [2.45, 2.75) is 63.8 Å². The number of rotatable bonds is 5. The molecule has 2 aliphatic rings. The number of halogens is 2. The molecule has 8 heteroatoms. The lowest BCUT2D eigenvalue weighted by Crippen LogP contribution is -2.45. The summed E-state index contributed by atoms with van der Waals surface area (Å²) in [6, 6.07) is 13.7. The number of carbonyl (C=O) groups is 1. The molecule has 2 aromatic carbocycles. The van der Waals surface area contributed by atoms with Gasteiger partial charge in [0.15, 0.2) is 5.69 Å². The molecule has 0 spiro atoms. The minimum absolute atomic E-state index is 0.209. The van der Waals surface area contributed by atoms with Gasteiger partial charge in [-0.3, -0.25) is 10.2 Å². The van der Waals surface area contributed by atoms with Gasteiger partial charge in [0.2, 0.25) is 0 Å². The summed E-state index contributed by atoms with van der Waals surface area (Å²) < 4.78 is 1.76. The van der Waals surface area contributed by atoms with E-state index in [2.05, 4.69) is 29.7 Å². The number of nitrogens with zero attached hydrogens (tertiary/aromatic N) is 3. The Morgan fingerprint density at radius 3 is 2.31 bits per heavy atom. The Labute approximate surface area is 222 Å². The quantitative estimate of drug-likeness (QED) is 0.403. The van der Waals surface area contributed by atoms with Crippen LogP contribution in [-0.2, 0) is 5.54 Å². The average molecular weight is 527 g/mol. The van der Waals surface area contributed by atoms with Crippen molar-refractivity contribution < 1.29 is 4.79 Å². The van der Waals surface area contributed by atoms with E-state index in [9.17, 15) is 4.79 Å². The zero-order chi connectivity index (χ0) is 25.3. The normalized spacial score (nSPS) is 18.2. The van der Waals surface area contributed by atoms with Crippen LogP contribution in [0.15, 0.2) is 42.5 Å². The van der Waals surface area contributed by atoms with E-state index in [0.29, 0.717) is 21.4 Å². The number of benzene rings is 2. The Bertz CT molecular complexity index is 1240. The van der Waals surface area contributed by atoms with E-state index >= 15 is 0 Å². The topological polar surface area (TPSA) is 76.2 Å². The summed E-state index contributed by atoms with van der Waals surface area (Å²) in [6.07, 6.45) is 8.93. The standard InChI is InChI=1S/C28H33Cl2N5O/c1-19-25(27(36)33-34-16-6-3-7-17-34)32-35(24-13-12-22(29)18-23(24)30)26(19)20-8-10-21(11-9-20)28(31)14-4-2-5-15-28/h8-13,18H,2-7,14-17,31H2,1H3,(H,33,36). The van der Waals surface area contributed by atoms with E-state index in [-0.39, 0.29) is 11.4 Å². The molecule has 36 heavy (non-hydrogen) atoms. The van der Waals surface area contributed by atoms with Crippen LogP contribution in [0.25, 0.3) is 16.9 Å². The summed E-state index contributed by atoms with van der Waals surface area (Å²) in [5.41, 5.74) is 14.3. The van der Waals surface area contributed by atoms with Crippen molar-refractivity contribution in [3.63, 3.8) is 0 Å². The number of hydrogen-bond donors (Lipinski definition) is 2. The molecular weight excluding hydrogens is 493 g/mol. The number of piperidine rings is 1. The van der Waals surface area contributed by atoms with Crippen LogP contribution in [0.1, 0.15) is 73.0 Å². The molecule has 3 N–H and O–H groups in total. The second kappa shape index (κ2) is 10.5. The van der Waals surface area contributed by atoms with Crippen molar-refractivity contribution in [2.24, 2.45) is 5.73 Å². The van der Waals surface area contributed by atoms with E-state index in [1.165, 1.54) is 12.8 Å². The predicted molar refractivity (Wildman–Crippen MR) is 146 cm³/mol. The van der Waals surface area contributed by atoms with E-state index in [0.717, 1.165) is 74.0 Å². The third kappa shape index (κ3) is 5.05. The largest absolute Gasteiger partial charge is 0.321 e. The maximum atomic E-state index is 13.3. The highest BCUT2D eigenvalue weighted by atomic mass is 35.5. The summed E-state index contributed by atoms with van der Waals surface area (Å²) in [5.74, 6) is -0.209. The molecule has 0 bridgehead atoms. The van der Waals surface area contributed by atoms with Gasteiger partial charge < -0.3 is 5.73 Å². The number of amides is 1. The molecule has 3 aromatic rings. The molecule has 2 fully saturated rings. The molecule has 190 valence electrons. The molecular formula is C28H33Cl2N5O. The number of carbonyl (C=O) groups excluding carboxylic acids is 1. The van der Waals surface area contributed by atoms with Crippen LogP contribution in [0.3, 0.4) is 0 Å². The Balaban J connectivity index is 1.55. The first-order valence-electron chi connectivity index (χ1n) is 12.9. The highest BCUT2D eigenvalue weighted by Crippen LogP contribution is 2.37. The number of aromatic nitrogens is 2. The van der Waals surface area contributed by atoms with E-state index < -0.39 is 0 Å². The van der Waals surface area contributed by atoms with Gasteiger partial charge in [0.1, 0.15) is 0 Å². The van der Waals surface area contributed by atoms with Gasteiger partial charge in [-0.15, -0.1) is 0 Å². The lowest BCUT2D eigenvalue weighted by molar-refractivity contribution is 0.0743. The third-order valence-electron chi connectivity index (χ3n) is 7.57. The van der Waals surface area contributed by atoms with Crippen molar-refractivity contribution in [1.82, 2.24) is 20.2 Å². The van der Waals surface area contributed by atoms with Gasteiger partial charge >= 0.3 is 0 Å². The molecule has 1 amide bonds. The molecule has 1 saturated heterocycles. The van der Waals surface area contributed by atoms with Gasteiger partial charge in [0.25, 0.3) is 5.91 Å². The van der Waals surface area contributed by atoms with Crippen molar-refractivity contribution in [3.05, 3.63) is 69.3 Å². The third-order valence-corrected chi connectivity index (χ3v) is 8.11. The highest BCUT2D eigenvalue weighted by Gasteiger charge is 2.30. The summed E-state index contributed by atoms with van der Waals surface area (Å²) in [4.78, 5) is 13.3. The first-order valence-corrected chi connectivity index (χ1v) is 13.6. The fraction of sp³-hybridized carbons (Fsp3) is 0.429. The van der Waals surface area contributed by atoms with Crippen LogP contribution in [0, 0.1) is 6.92 Å². The molecule has 1 aliphatic carbocycles. The Hall–Kier alpha value is -2.38. The van der Waals surface area contributed by atoms with Crippen molar-refractivity contribution in [3.8, 4) is 16.9 Å². The Morgan fingerprint density at radius 2 is 1.64 bits per heavy atom. The van der Waals surface area contributed by atoms with E-state index in [1.807, 2.05) is 18.0 Å². The van der Waals surface area contributed by atoms with Crippen molar-refractivity contribution in [1.29, 1.82) is 0 Å². The van der Waals surface area contributed by atoms with E-state index in [4.69, 9.17) is 34.0 Å². The maximum Gasteiger partial charge on any atom is 0.286 e. The smallest absolute Gasteiger partial charge is 0.286 e. The molecule has 0 radical (unpaired) electrons. The maximum absolute atomic E-state index is 13.3. The zero-order valence-corrected chi connectivity index (χ0v) is 22.2. The summed E-state index contributed by atoms with van der Waals surface area (Å²) in [5, 5.41) is 7.76. The molecule has 1 saturated carbocycles. The SMILES string of the molecule is Cc1c(C(=O)NN2CCCCC2)nn(-c2ccc(Cl)cc2Cl)c1-c1ccc(C2(N)CCCCC2)cc1. The Kier molecular flexibility index (Phi) is 7.40. The first-order chi connectivity index (χ1) is 17.4. The lowest BCUT2D eigenvalue weighted by Gasteiger charge is -2.34.